The van der Waals surface area contributed by atoms with E-state index < -0.39 is 11.9 Å². The first-order valence-electron chi connectivity index (χ1n) is 8.18. The number of rotatable bonds is 9. The maximum atomic E-state index is 11.6. The molecule has 27 heavy (non-hydrogen) atoms. The lowest BCUT2D eigenvalue weighted by atomic mass is 10.2. The zero-order valence-electron chi connectivity index (χ0n) is 15.1. The van der Waals surface area contributed by atoms with E-state index in [1.54, 1.807) is 24.3 Å². The third-order valence-corrected chi connectivity index (χ3v) is 3.39. The number of benzene rings is 2. The molecule has 0 aromatic heterocycles. The van der Waals surface area contributed by atoms with Crippen LogP contribution >= 0.6 is 0 Å². The fraction of sp³-hybridized carbons (Fsp3) is 0.200. The van der Waals surface area contributed by atoms with Gasteiger partial charge in [-0.05, 0) is 24.3 Å². The molecule has 0 amide bonds. The van der Waals surface area contributed by atoms with Gasteiger partial charge in [0.1, 0.15) is 24.7 Å². The summed E-state index contributed by atoms with van der Waals surface area (Å²) in [6.45, 7) is 0.764. The van der Waals surface area contributed by atoms with Crippen LogP contribution in [-0.2, 0) is 19.1 Å². The van der Waals surface area contributed by atoms with Crippen LogP contribution in [-0.4, -0.2) is 39.4 Å². The zero-order valence-corrected chi connectivity index (χ0v) is 15.1. The zero-order chi connectivity index (χ0) is 19.5. The minimum absolute atomic E-state index is 0.248. The summed E-state index contributed by atoms with van der Waals surface area (Å²) < 4.78 is 20.3. The minimum atomic E-state index is -0.792. The van der Waals surface area contributed by atoms with Gasteiger partial charge < -0.3 is 24.3 Å². The first kappa shape index (κ1) is 19.8. The highest BCUT2D eigenvalue weighted by Crippen LogP contribution is 2.18. The van der Waals surface area contributed by atoms with Gasteiger partial charge in [-0.2, -0.15) is 0 Å². The number of hydrogen-bond acceptors (Lipinski definition) is 7. The van der Waals surface area contributed by atoms with E-state index in [2.05, 4.69) is 14.8 Å². The number of esters is 2. The molecule has 0 aliphatic rings. The summed E-state index contributed by atoms with van der Waals surface area (Å²) in [4.78, 5) is 23.2. The van der Waals surface area contributed by atoms with Gasteiger partial charge >= 0.3 is 11.9 Å². The van der Waals surface area contributed by atoms with Gasteiger partial charge in [0.05, 0.1) is 14.2 Å². The molecular formula is C20H21NO6. The Hall–Kier alpha value is -3.48. The first-order chi connectivity index (χ1) is 13.1. The van der Waals surface area contributed by atoms with Crippen LogP contribution in [0.2, 0.25) is 0 Å². The number of anilines is 1. The molecule has 0 bridgehead atoms. The second kappa shape index (κ2) is 10.5. The van der Waals surface area contributed by atoms with Crippen LogP contribution in [0.15, 0.2) is 66.4 Å². The lowest BCUT2D eigenvalue weighted by Gasteiger charge is -2.10. The van der Waals surface area contributed by atoms with E-state index >= 15 is 0 Å². The van der Waals surface area contributed by atoms with Gasteiger partial charge in [0, 0.05) is 18.0 Å². The smallest absolute Gasteiger partial charge is 0.346 e. The normalized spacial score (nSPS) is 9.70. The molecule has 0 radical (unpaired) electrons. The molecule has 1 N–H and O–H groups in total. The molecule has 7 heteroatoms. The Morgan fingerprint density at radius 3 is 2.07 bits per heavy atom. The van der Waals surface area contributed by atoms with Crippen molar-refractivity contribution in [3.05, 3.63) is 66.4 Å². The number of ether oxygens (including phenoxy) is 4. The molecule has 0 aliphatic heterocycles. The van der Waals surface area contributed by atoms with E-state index in [4.69, 9.17) is 9.47 Å². The summed E-state index contributed by atoms with van der Waals surface area (Å²) in [7, 11) is 2.37. The predicted molar refractivity (Wildman–Crippen MR) is 99.6 cm³/mol. The molecule has 0 aliphatic carbocycles. The van der Waals surface area contributed by atoms with Crippen molar-refractivity contribution < 1.29 is 28.5 Å². The van der Waals surface area contributed by atoms with Crippen LogP contribution in [0.4, 0.5) is 5.69 Å². The molecule has 142 valence electrons. The summed E-state index contributed by atoms with van der Waals surface area (Å²) in [5, 5.41) is 2.86. The SMILES string of the molecule is COC(=O)C(=CNc1cccc(OCCOc2ccccc2)c1)C(=O)OC. The summed E-state index contributed by atoms with van der Waals surface area (Å²) in [5.41, 5.74) is 0.379. The highest BCUT2D eigenvalue weighted by Gasteiger charge is 2.19. The lowest BCUT2D eigenvalue weighted by molar-refractivity contribution is -0.144. The molecule has 2 aromatic rings. The number of methoxy groups -OCH3 is 2. The summed E-state index contributed by atoms with van der Waals surface area (Å²) >= 11 is 0. The van der Waals surface area contributed by atoms with Gasteiger partial charge in [0.25, 0.3) is 0 Å². The maximum absolute atomic E-state index is 11.6. The van der Waals surface area contributed by atoms with Gasteiger partial charge in [-0.15, -0.1) is 0 Å². The predicted octanol–water partition coefficient (Wildman–Crippen LogP) is 2.79. The van der Waals surface area contributed by atoms with E-state index in [0.29, 0.717) is 24.7 Å². The molecular weight excluding hydrogens is 350 g/mol. The van der Waals surface area contributed by atoms with E-state index in [1.165, 1.54) is 20.4 Å². The van der Waals surface area contributed by atoms with Crippen molar-refractivity contribution in [2.24, 2.45) is 0 Å². The van der Waals surface area contributed by atoms with Crippen LogP contribution < -0.4 is 14.8 Å². The van der Waals surface area contributed by atoms with Gasteiger partial charge in [-0.25, -0.2) is 9.59 Å². The Morgan fingerprint density at radius 2 is 1.44 bits per heavy atom. The molecule has 2 aromatic carbocycles. The van der Waals surface area contributed by atoms with Crippen LogP contribution in [0, 0.1) is 0 Å². The van der Waals surface area contributed by atoms with Crippen molar-refractivity contribution in [3.63, 3.8) is 0 Å². The molecule has 0 unspecified atom stereocenters. The molecule has 2 rings (SSSR count). The minimum Gasteiger partial charge on any atom is -0.490 e. The highest BCUT2D eigenvalue weighted by atomic mass is 16.5. The number of carbonyl (C=O) groups is 2. The van der Waals surface area contributed by atoms with Crippen LogP contribution in [0.1, 0.15) is 0 Å². The van der Waals surface area contributed by atoms with Crippen molar-refractivity contribution in [1.82, 2.24) is 0 Å². The van der Waals surface area contributed by atoms with E-state index in [0.717, 1.165) is 5.75 Å². The van der Waals surface area contributed by atoms with Crippen molar-refractivity contribution in [2.45, 2.75) is 0 Å². The van der Waals surface area contributed by atoms with Gasteiger partial charge in [0.2, 0.25) is 0 Å². The van der Waals surface area contributed by atoms with Crippen molar-refractivity contribution in [1.29, 1.82) is 0 Å². The second-order valence-corrected chi connectivity index (χ2v) is 5.22. The molecule has 0 atom stereocenters. The average Bonchev–Trinajstić information content (AvgIpc) is 2.72. The molecule has 0 spiro atoms. The van der Waals surface area contributed by atoms with E-state index in [-0.39, 0.29) is 5.57 Å². The Bertz CT molecular complexity index is 770. The first-order valence-corrected chi connectivity index (χ1v) is 8.18. The number of carbonyl (C=O) groups excluding carboxylic acids is 2. The molecule has 0 saturated heterocycles. The summed E-state index contributed by atoms with van der Waals surface area (Å²) in [6, 6.07) is 16.5. The van der Waals surface area contributed by atoms with E-state index in [1.807, 2.05) is 30.3 Å². The Kier molecular flexibility index (Phi) is 7.71. The average molecular weight is 371 g/mol. The van der Waals surface area contributed by atoms with Crippen molar-refractivity contribution in [2.75, 3.05) is 32.8 Å². The van der Waals surface area contributed by atoms with Crippen LogP contribution in [0.5, 0.6) is 11.5 Å². The number of nitrogens with one attached hydrogen (secondary N) is 1. The van der Waals surface area contributed by atoms with E-state index in [9.17, 15) is 9.59 Å². The summed E-state index contributed by atoms with van der Waals surface area (Å²) in [5.74, 6) is -0.192. The Balaban J connectivity index is 1.91. The molecule has 0 heterocycles. The Morgan fingerprint density at radius 1 is 0.852 bits per heavy atom. The molecule has 0 saturated carbocycles. The number of hydrogen-bond donors (Lipinski definition) is 1. The number of para-hydroxylation sites is 1. The summed E-state index contributed by atoms with van der Waals surface area (Å²) in [6.07, 6.45) is 1.23. The van der Waals surface area contributed by atoms with Crippen molar-refractivity contribution >= 4 is 17.6 Å². The Labute approximate surface area is 157 Å². The van der Waals surface area contributed by atoms with Crippen LogP contribution in [0.25, 0.3) is 0 Å². The quantitative estimate of drug-likeness (QED) is 0.239. The fourth-order valence-corrected chi connectivity index (χ4v) is 2.09. The second-order valence-electron chi connectivity index (χ2n) is 5.22. The van der Waals surface area contributed by atoms with Gasteiger partial charge in [-0.3, -0.25) is 0 Å². The lowest BCUT2D eigenvalue weighted by Crippen LogP contribution is -2.17. The van der Waals surface area contributed by atoms with Crippen molar-refractivity contribution in [3.8, 4) is 11.5 Å². The highest BCUT2D eigenvalue weighted by molar-refractivity contribution is 6.14. The van der Waals surface area contributed by atoms with Crippen LogP contribution in [0.3, 0.4) is 0 Å². The van der Waals surface area contributed by atoms with Gasteiger partial charge in [-0.1, -0.05) is 24.3 Å². The molecule has 7 nitrogen and oxygen atoms in total. The van der Waals surface area contributed by atoms with Gasteiger partial charge in [0.15, 0.2) is 5.57 Å². The third kappa shape index (κ3) is 6.39. The maximum Gasteiger partial charge on any atom is 0.346 e. The third-order valence-electron chi connectivity index (χ3n) is 3.39. The fourth-order valence-electron chi connectivity index (χ4n) is 2.09. The topological polar surface area (TPSA) is 83.1 Å². The largest absolute Gasteiger partial charge is 0.490 e. The standard InChI is InChI=1S/C20H21NO6/c1-24-19(22)18(20(23)25-2)14-21-15-7-6-10-17(13-15)27-12-11-26-16-8-4-3-5-9-16/h3-10,13-14,21H,11-12H2,1-2H3. The molecule has 0 fully saturated rings. The monoisotopic (exact) mass is 371 g/mol.